The number of fused-ring (bicyclic) bond motifs is 6. The minimum Gasteiger partial charge on any atom is -0.470 e. The van der Waals surface area contributed by atoms with Gasteiger partial charge in [-0.25, -0.2) is 0 Å². The van der Waals surface area contributed by atoms with Crippen LogP contribution in [0.2, 0.25) is 0 Å². The highest BCUT2D eigenvalue weighted by Gasteiger charge is 2.63. The van der Waals surface area contributed by atoms with E-state index in [0.717, 1.165) is 43.5 Å². The van der Waals surface area contributed by atoms with Crippen molar-refractivity contribution in [3.63, 3.8) is 0 Å². The molecule has 0 radical (unpaired) electrons. The molecule has 4 aliphatic carbocycles. The first-order chi connectivity index (χ1) is 17.2. The van der Waals surface area contributed by atoms with E-state index in [1.807, 2.05) is 24.3 Å². The summed E-state index contributed by atoms with van der Waals surface area (Å²) < 4.78 is 5.70. The molecule has 0 bridgehead atoms. The smallest absolute Gasteiger partial charge is 0.229 e. The minimum atomic E-state index is -0.268. The van der Waals surface area contributed by atoms with Crippen LogP contribution in [0.15, 0.2) is 24.3 Å². The molecular weight excluding hydrogens is 450 g/mol. The molecule has 198 valence electrons. The number of rotatable bonds is 4. The molecule has 0 unspecified atom stereocenters. The second-order valence-corrected chi connectivity index (χ2v) is 13.5. The molecule has 5 nitrogen and oxygen atoms in total. The number of amides is 1. The molecule has 0 aromatic heterocycles. The van der Waals surface area contributed by atoms with E-state index in [1.165, 1.54) is 25.7 Å². The predicted molar refractivity (Wildman–Crippen MR) is 140 cm³/mol. The summed E-state index contributed by atoms with van der Waals surface area (Å²) in [6.45, 7) is 7.50. The van der Waals surface area contributed by atoms with Gasteiger partial charge in [0.15, 0.2) is 6.73 Å². The number of nitrogens with zero attached hydrogens (tertiary/aromatic N) is 1. The highest BCUT2D eigenvalue weighted by molar-refractivity contribution is 5.95. The molecule has 0 spiro atoms. The molecule has 10 atom stereocenters. The van der Waals surface area contributed by atoms with E-state index < -0.39 is 0 Å². The van der Waals surface area contributed by atoms with Crippen molar-refractivity contribution in [3.05, 3.63) is 24.3 Å². The molecule has 36 heavy (non-hydrogen) atoms. The van der Waals surface area contributed by atoms with Gasteiger partial charge in [-0.1, -0.05) is 32.9 Å². The van der Waals surface area contributed by atoms with E-state index in [9.17, 15) is 15.0 Å². The van der Waals surface area contributed by atoms with Gasteiger partial charge in [-0.2, -0.15) is 0 Å². The molecule has 5 heteroatoms. The Morgan fingerprint density at radius 1 is 1.08 bits per heavy atom. The van der Waals surface area contributed by atoms with Crippen LogP contribution in [0.1, 0.15) is 85.0 Å². The number of anilines is 1. The minimum absolute atomic E-state index is 0.0512. The lowest BCUT2D eigenvalue weighted by Gasteiger charge is -2.62. The van der Waals surface area contributed by atoms with Crippen LogP contribution in [0.4, 0.5) is 5.69 Å². The number of para-hydroxylation sites is 2. The highest BCUT2D eigenvalue weighted by atomic mass is 16.5. The van der Waals surface area contributed by atoms with E-state index >= 15 is 0 Å². The van der Waals surface area contributed by atoms with Crippen LogP contribution in [0.3, 0.4) is 0 Å². The maximum absolute atomic E-state index is 13.1. The fraction of sp³-hybridized carbons (Fsp3) is 0.774. The molecule has 1 aromatic rings. The first kappa shape index (κ1) is 24.7. The summed E-state index contributed by atoms with van der Waals surface area (Å²) in [5, 5.41) is 22.1. The van der Waals surface area contributed by atoms with Crippen molar-refractivity contribution in [2.24, 2.45) is 46.3 Å². The van der Waals surface area contributed by atoms with Crippen LogP contribution in [-0.4, -0.2) is 35.1 Å². The first-order valence-electron chi connectivity index (χ1n) is 14.6. The van der Waals surface area contributed by atoms with Gasteiger partial charge in [0.2, 0.25) is 5.91 Å². The molecule has 6 rings (SSSR count). The third kappa shape index (κ3) is 3.66. The van der Waals surface area contributed by atoms with Gasteiger partial charge in [-0.15, -0.1) is 0 Å². The Morgan fingerprint density at radius 2 is 1.89 bits per heavy atom. The lowest BCUT2D eigenvalue weighted by molar-refractivity contribution is -0.174. The van der Waals surface area contributed by atoms with Gasteiger partial charge >= 0.3 is 0 Å². The van der Waals surface area contributed by atoms with Gasteiger partial charge in [0.05, 0.1) is 17.9 Å². The Hall–Kier alpha value is -1.59. The molecule has 5 aliphatic rings. The summed E-state index contributed by atoms with van der Waals surface area (Å²) in [7, 11) is 0. The van der Waals surface area contributed by atoms with E-state index in [4.69, 9.17) is 4.74 Å². The van der Waals surface area contributed by atoms with Crippen molar-refractivity contribution in [1.29, 1.82) is 0 Å². The molecule has 1 aromatic carbocycles. The maximum atomic E-state index is 13.1. The van der Waals surface area contributed by atoms with Gasteiger partial charge in [-0.3, -0.25) is 9.69 Å². The quantitative estimate of drug-likeness (QED) is 0.556. The summed E-state index contributed by atoms with van der Waals surface area (Å²) in [6, 6.07) is 7.78. The first-order valence-corrected chi connectivity index (χ1v) is 14.6. The third-order valence-corrected chi connectivity index (χ3v) is 12.1. The Labute approximate surface area is 216 Å². The largest absolute Gasteiger partial charge is 0.470 e. The normalized spacial score (nSPS) is 44.1. The second-order valence-electron chi connectivity index (χ2n) is 13.5. The average molecular weight is 496 g/mol. The number of hydrogen-bond donors (Lipinski definition) is 2. The molecule has 2 N–H and O–H groups in total. The summed E-state index contributed by atoms with van der Waals surface area (Å²) >= 11 is 0. The zero-order valence-electron chi connectivity index (χ0n) is 22.4. The molecular formula is C31H45NO4. The van der Waals surface area contributed by atoms with Crippen LogP contribution in [0.5, 0.6) is 5.75 Å². The van der Waals surface area contributed by atoms with Crippen LogP contribution in [0, 0.1) is 46.3 Å². The van der Waals surface area contributed by atoms with Crippen LogP contribution < -0.4 is 9.64 Å². The summed E-state index contributed by atoms with van der Waals surface area (Å²) in [6.07, 6.45) is 9.81. The highest BCUT2D eigenvalue weighted by Crippen LogP contribution is 2.68. The lowest BCUT2D eigenvalue weighted by Crippen LogP contribution is -2.58. The van der Waals surface area contributed by atoms with E-state index in [0.29, 0.717) is 48.7 Å². The van der Waals surface area contributed by atoms with E-state index in [1.54, 1.807) is 4.90 Å². The Balaban J connectivity index is 1.14. The number of ether oxygens (including phenoxy) is 1. The van der Waals surface area contributed by atoms with Crippen molar-refractivity contribution in [2.75, 3.05) is 11.6 Å². The molecule has 1 heterocycles. The number of benzene rings is 1. The van der Waals surface area contributed by atoms with Gasteiger partial charge in [0.25, 0.3) is 0 Å². The molecule has 4 saturated carbocycles. The molecule has 0 saturated heterocycles. The Kier molecular flexibility index (Phi) is 6.19. The number of aliphatic hydroxyl groups is 2. The Bertz CT molecular complexity index is 997. The molecule has 1 amide bonds. The van der Waals surface area contributed by atoms with Crippen molar-refractivity contribution < 1.29 is 19.7 Å². The van der Waals surface area contributed by atoms with E-state index in [2.05, 4.69) is 20.8 Å². The van der Waals surface area contributed by atoms with Crippen molar-refractivity contribution in [2.45, 2.75) is 97.2 Å². The molecule has 4 fully saturated rings. The number of aliphatic hydroxyl groups excluding tert-OH is 2. The lowest BCUT2D eigenvalue weighted by atomic mass is 9.43. The number of hydrogen-bond acceptors (Lipinski definition) is 4. The number of carbonyl (C=O) groups is 1. The Morgan fingerprint density at radius 3 is 2.72 bits per heavy atom. The monoisotopic (exact) mass is 495 g/mol. The fourth-order valence-electron chi connectivity index (χ4n) is 10.1. The van der Waals surface area contributed by atoms with E-state index in [-0.39, 0.29) is 28.9 Å². The second kappa shape index (κ2) is 9.01. The van der Waals surface area contributed by atoms with Gasteiger partial charge in [0.1, 0.15) is 5.75 Å². The third-order valence-electron chi connectivity index (χ3n) is 12.1. The van der Waals surface area contributed by atoms with Crippen molar-refractivity contribution >= 4 is 11.6 Å². The van der Waals surface area contributed by atoms with Crippen molar-refractivity contribution in [3.8, 4) is 5.75 Å². The predicted octanol–water partition coefficient (Wildman–Crippen LogP) is 5.78. The molecule has 1 aliphatic heterocycles. The van der Waals surface area contributed by atoms with Crippen LogP contribution >= 0.6 is 0 Å². The SMILES string of the molecule is C[C@H](CCC(=O)N1COc2ccccc21)[C@H]1CC[C@H]2[C@@H]3CC[C@@H]4C[C@H](O)CC[C@]4(C)[C@H]3C[C@H](O)[C@]12C. The fourth-order valence-corrected chi connectivity index (χ4v) is 10.1. The zero-order chi connectivity index (χ0) is 25.2. The van der Waals surface area contributed by atoms with Crippen LogP contribution in [-0.2, 0) is 4.79 Å². The maximum Gasteiger partial charge on any atom is 0.229 e. The zero-order valence-corrected chi connectivity index (χ0v) is 22.4. The summed E-state index contributed by atoms with van der Waals surface area (Å²) in [5.74, 6) is 4.29. The van der Waals surface area contributed by atoms with Gasteiger partial charge in [0, 0.05) is 6.42 Å². The average Bonchev–Trinajstić information content (AvgIpc) is 3.46. The van der Waals surface area contributed by atoms with Crippen molar-refractivity contribution in [1.82, 2.24) is 0 Å². The summed E-state index contributed by atoms with van der Waals surface area (Å²) in [4.78, 5) is 14.9. The number of carbonyl (C=O) groups excluding carboxylic acids is 1. The van der Waals surface area contributed by atoms with Gasteiger partial charge in [-0.05, 0) is 116 Å². The van der Waals surface area contributed by atoms with Gasteiger partial charge < -0.3 is 14.9 Å². The topological polar surface area (TPSA) is 70.0 Å². The summed E-state index contributed by atoms with van der Waals surface area (Å²) in [5.41, 5.74) is 1.11. The standard InChI is InChI=1S/C31H45NO4/c1-19(8-13-29(35)32-18-36-27-7-5-4-6-26(27)32)23-11-12-24-22-10-9-20-16-21(33)14-15-30(20,2)25(22)17-28(34)31(23,24)3/h4-7,19-25,28,33-34H,8-18H2,1-3H3/t19-,20-,21-,22+,23-,24+,25+,28+,30+,31-/m1/s1. The van der Waals surface area contributed by atoms with Crippen LogP contribution in [0.25, 0.3) is 0 Å².